The van der Waals surface area contributed by atoms with Crippen molar-refractivity contribution in [2.45, 2.75) is 11.1 Å². The fourth-order valence-electron chi connectivity index (χ4n) is 2.86. The summed E-state index contributed by atoms with van der Waals surface area (Å²) in [6, 6.07) is 5.79. The van der Waals surface area contributed by atoms with Crippen LogP contribution in [0.3, 0.4) is 0 Å². The van der Waals surface area contributed by atoms with Gasteiger partial charge in [0, 0.05) is 6.07 Å². The Kier molecular flexibility index (Phi) is 5.87. The van der Waals surface area contributed by atoms with Crippen LogP contribution >= 0.6 is 0 Å². The van der Waals surface area contributed by atoms with Crippen molar-refractivity contribution in [1.82, 2.24) is 0 Å². The van der Waals surface area contributed by atoms with Crippen molar-refractivity contribution in [1.29, 1.82) is 0 Å². The highest BCUT2D eigenvalue weighted by Crippen LogP contribution is 2.39. The predicted molar refractivity (Wildman–Crippen MR) is 108 cm³/mol. The number of amides is 1. The number of carbonyl (C=O) groups is 1. The zero-order chi connectivity index (χ0) is 24.7. The minimum absolute atomic E-state index is 0.188. The van der Waals surface area contributed by atoms with Crippen molar-refractivity contribution >= 4 is 39.1 Å². The van der Waals surface area contributed by atoms with Gasteiger partial charge in [0.1, 0.15) is 0 Å². The number of sulfonamides is 1. The van der Waals surface area contributed by atoms with E-state index in [9.17, 15) is 41.6 Å². The van der Waals surface area contributed by atoms with Gasteiger partial charge >= 0.3 is 11.9 Å². The maximum atomic E-state index is 13.6. The number of alkyl halides is 3. The van der Waals surface area contributed by atoms with Gasteiger partial charge in [-0.05, 0) is 42.0 Å². The molecule has 0 aromatic heterocycles. The summed E-state index contributed by atoms with van der Waals surface area (Å²) >= 11 is 0. The number of benzene rings is 2. The Bertz CT molecular complexity index is 1320. The molecule has 1 aliphatic heterocycles. The minimum atomic E-state index is -5.08. The van der Waals surface area contributed by atoms with E-state index < -0.39 is 55.5 Å². The second-order valence-corrected chi connectivity index (χ2v) is 8.07. The number of hydrazone groups is 1. The predicted octanol–water partition coefficient (Wildman–Crippen LogP) is 2.30. The summed E-state index contributed by atoms with van der Waals surface area (Å²) in [6.07, 6.45) is -4.37. The third-order valence-corrected chi connectivity index (χ3v) is 5.29. The smallest absolute Gasteiger partial charge is 0.435 e. The highest BCUT2D eigenvalue weighted by Gasteiger charge is 2.47. The third-order valence-electron chi connectivity index (χ3n) is 4.36. The summed E-state index contributed by atoms with van der Waals surface area (Å²) in [5.74, 6) is -2.48. The molecule has 0 saturated heterocycles. The zero-order valence-electron chi connectivity index (χ0n) is 16.4. The largest absolute Gasteiger partial charge is 0.500 e. The summed E-state index contributed by atoms with van der Waals surface area (Å²) in [5, 5.41) is 29.7. The van der Waals surface area contributed by atoms with Crippen LogP contribution in [-0.2, 0) is 14.8 Å². The average Bonchev–Trinajstić information content (AvgIpc) is 3.05. The van der Waals surface area contributed by atoms with Crippen LogP contribution in [0.5, 0.6) is 11.5 Å². The van der Waals surface area contributed by atoms with Crippen molar-refractivity contribution in [3.63, 3.8) is 0 Å². The number of hydrogen-bond donors (Lipinski definition) is 2. The van der Waals surface area contributed by atoms with E-state index in [-0.39, 0.29) is 16.1 Å². The zero-order valence-corrected chi connectivity index (χ0v) is 17.2. The van der Waals surface area contributed by atoms with E-state index in [1.165, 1.54) is 0 Å². The first-order chi connectivity index (χ1) is 15.2. The Labute approximate surface area is 183 Å². The number of anilines is 1. The van der Waals surface area contributed by atoms with E-state index in [0.717, 1.165) is 43.5 Å². The molecule has 1 amide bonds. The van der Waals surface area contributed by atoms with Crippen LogP contribution in [-0.4, -0.2) is 43.4 Å². The average molecular weight is 486 g/mol. The molecule has 0 fully saturated rings. The topological polar surface area (TPSA) is 165 Å². The molecule has 3 N–H and O–H groups in total. The van der Waals surface area contributed by atoms with Crippen LogP contribution in [0.2, 0.25) is 0 Å². The minimum Gasteiger partial charge on any atom is -0.500 e. The Hall–Kier alpha value is -3.98. The Balaban J connectivity index is 2.12. The molecule has 2 aromatic carbocycles. The number of ether oxygens (including phenoxy) is 1. The highest BCUT2D eigenvalue weighted by atomic mass is 32.2. The second kappa shape index (κ2) is 8.18. The lowest BCUT2D eigenvalue weighted by Crippen LogP contribution is -2.25. The molecule has 15 heteroatoms. The lowest BCUT2D eigenvalue weighted by Gasteiger charge is -2.12. The fourth-order valence-corrected chi connectivity index (χ4v) is 3.38. The summed E-state index contributed by atoms with van der Waals surface area (Å²) in [5.41, 5.74) is -3.82. The van der Waals surface area contributed by atoms with Gasteiger partial charge in [-0.2, -0.15) is 23.3 Å². The molecular weight excluding hydrogens is 473 g/mol. The van der Waals surface area contributed by atoms with Crippen LogP contribution < -0.4 is 14.9 Å². The summed E-state index contributed by atoms with van der Waals surface area (Å²) in [4.78, 5) is 22.6. The molecular formula is C18H13F3N4O7S. The fraction of sp³-hybridized carbons (Fsp3) is 0.111. The first-order valence-corrected chi connectivity index (χ1v) is 10.2. The van der Waals surface area contributed by atoms with E-state index in [4.69, 9.17) is 9.88 Å². The van der Waals surface area contributed by atoms with E-state index in [2.05, 4.69) is 5.10 Å². The number of nitrogens with zero attached hydrogens (tertiary/aromatic N) is 3. The molecule has 0 unspecified atom stereocenters. The third kappa shape index (κ3) is 4.63. The van der Waals surface area contributed by atoms with Gasteiger partial charge in [-0.25, -0.2) is 13.6 Å². The lowest BCUT2D eigenvalue weighted by atomic mass is 10.0. The number of halogens is 3. The number of primary sulfonamides is 1. The molecule has 0 saturated carbocycles. The van der Waals surface area contributed by atoms with Gasteiger partial charge in [0.05, 0.1) is 28.2 Å². The number of carbonyl (C=O) groups excluding carboxylic acids is 1. The molecule has 0 radical (unpaired) electrons. The first-order valence-electron chi connectivity index (χ1n) is 8.64. The molecule has 0 bridgehead atoms. The number of nitro groups is 1. The van der Waals surface area contributed by atoms with Crippen LogP contribution in [0.15, 0.2) is 52.0 Å². The summed E-state index contributed by atoms with van der Waals surface area (Å²) in [7, 11) is -3.01. The van der Waals surface area contributed by atoms with Crippen LogP contribution in [0.4, 0.5) is 24.5 Å². The number of phenolic OH excluding ortho intramolecular Hbond substituents is 1. The maximum Gasteiger partial charge on any atom is 0.435 e. The Morgan fingerprint density at radius 1 is 1.24 bits per heavy atom. The SMILES string of the molecule is COc1cc(/C=C2/C(=O)N(c3ccc(S(N)(=O)=O)cc3)N=C2C(F)(F)F)cc([N+](=O)[O-])c1O. The van der Waals surface area contributed by atoms with Gasteiger partial charge in [-0.1, -0.05) is 0 Å². The molecule has 33 heavy (non-hydrogen) atoms. The molecule has 174 valence electrons. The van der Waals surface area contributed by atoms with Crippen LogP contribution in [0.25, 0.3) is 6.08 Å². The molecule has 0 aliphatic carbocycles. The van der Waals surface area contributed by atoms with Crippen molar-refractivity contribution < 1.29 is 41.2 Å². The second-order valence-electron chi connectivity index (χ2n) is 6.51. The van der Waals surface area contributed by atoms with Gasteiger partial charge in [0.15, 0.2) is 11.5 Å². The number of nitrogens with two attached hydrogens (primary N) is 1. The molecule has 1 aliphatic rings. The van der Waals surface area contributed by atoms with E-state index in [1.807, 2.05) is 0 Å². The number of methoxy groups -OCH3 is 1. The summed E-state index contributed by atoms with van der Waals surface area (Å²) in [6.45, 7) is 0. The molecule has 2 aromatic rings. The Morgan fingerprint density at radius 3 is 2.33 bits per heavy atom. The number of rotatable bonds is 5. The highest BCUT2D eigenvalue weighted by molar-refractivity contribution is 7.89. The van der Waals surface area contributed by atoms with Crippen molar-refractivity contribution in [3.05, 3.63) is 57.6 Å². The van der Waals surface area contributed by atoms with Gasteiger partial charge in [0.2, 0.25) is 15.8 Å². The summed E-state index contributed by atoms with van der Waals surface area (Å²) < 4.78 is 68.3. The molecule has 0 spiro atoms. The van der Waals surface area contributed by atoms with E-state index >= 15 is 0 Å². The number of nitro benzene ring substituents is 1. The van der Waals surface area contributed by atoms with E-state index in [1.54, 1.807) is 0 Å². The Morgan fingerprint density at radius 2 is 1.85 bits per heavy atom. The van der Waals surface area contributed by atoms with Gasteiger partial charge in [-0.15, -0.1) is 0 Å². The number of hydrogen-bond acceptors (Lipinski definition) is 8. The van der Waals surface area contributed by atoms with Gasteiger partial charge < -0.3 is 9.84 Å². The molecule has 3 rings (SSSR count). The molecule has 0 atom stereocenters. The number of aromatic hydroxyl groups is 1. The molecule has 11 nitrogen and oxygen atoms in total. The monoisotopic (exact) mass is 486 g/mol. The van der Waals surface area contributed by atoms with Crippen LogP contribution in [0, 0.1) is 10.1 Å². The van der Waals surface area contributed by atoms with Crippen molar-refractivity contribution in [3.8, 4) is 11.5 Å². The van der Waals surface area contributed by atoms with Crippen molar-refractivity contribution in [2.24, 2.45) is 10.2 Å². The van der Waals surface area contributed by atoms with Gasteiger partial charge in [0.25, 0.3) is 5.91 Å². The van der Waals surface area contributed by atoms with E-state index in [0.29, 0.717) is 11.1 Å². The lowest BCUT2D eigenvalue weighted by molar-refractivity contribution is -0.386. The standard InChI is InChI=1S/C18H13F3N4O7S/c1-32-14-8-9(7-13(15(14)26)25(28)29)6-12-16(18(19,20)21)23-24(17(12)27)10-2-4-11(5-3-10)33(22,30)31/h2-8,26H,1H3,(H2,22,30,31)/b12-6+. The quantitative estimate of drug-likeness (QED) is 0.372. The van der Waals surface area contributed by atoms with Crippen LogP contribution in [0.1, 0.15) is 5.56 Å². The first kappa shape index (κ1) is 23.7. The van der Waals surface area contributed by atoms with Crippen molar-refractivity contribution in [2.75, 3.05) is 12.1 Å². The number of phenols is 1. The normalized spacial score (nSPS) is 15.7. The maximum absolute atomic E-state index is 13.6. The van der Waals surface area contributed by atoms with Gasteiger partial charge in [-0.3, -0.25) is 14.9 Å². The molecule has 1 heterocycles.